The molecule has 0 heterocycles. The van der Waals surface area contributed by atoms with Crippen molar-refractivity contribution in [2.24, 2.45) is 5.73 Å². The van der Waals surface area contributed by atoms with Crippen molar-refractivity contribution in [1.82, 2.24) is 0 Å². The molecule has 0 saturated heterocycles. The molecule has 2 nitrogen and oxygen atoms in total. The van der Waals surface area contributed by atoms with Gasteiger partial charge in [0.2, 0.25) is 0 Å². The maximum absolute atomic E-state index is 7.98. The quantitative estimate of drug-likeness (QED) is 0.563. The zero-order chi connectivity index (χ0) is 14.9. The zero-order valence-corrected chi connectivity index (χ0v) is 14.5. The first-order valence-electron chi connectivity index (χ1n) is 6.26. The van der Waals surface area contributed by atoms with E-state index in [2.05, 4.69) is 44.0 Å². The molecule has 0 aromatic heterocycles. The predicted molar refractivity (Wildman–Crippen MR) is 91.5 cm³/mol. The van der Waals surface area contributed by atoms with Crippen molar-refractivity contribution in [2.75, 3.05) is 0 Å². The van der Waals surface area contributed by atoms with E-state index in [1.165, 1.54) is 0 Å². The summed E-state index contributed by atoms with van der Waals surface area (Å²) in [6.45, 7) is 4.09. The first-order valence-corrected chi connectivity index (χ1v) is 7.84. The number of nitrogens with one attached hydrogen (secondary N) is 1. The summed E-state index contributed by atoms with van der Waals surface area (Å²) in [4.78, 5) is 0. The largest absolute Gasteiger partial charge is 0.387 e. The van der Waals surface area contributed by atoms with Crippen molar-refractivity contribution in [2.45, 2.75) is 19.8 Å². The third kappa shape index (κ3) is 3.13. The highest BCUT2D eigenvalue weighted by Crippen LogP contribution is 2.32. The van der Waals surface area contributed by atoms with Crippen LogP contribution in [0.2, 0.25) is 0 Å². The fraction of sp³-hybridized carbons (Fsp3) is 0.188. The van der Waals surface area contributed by atoms with Crippen LogP contribution in [0.25, 0.3) is 0 Å². The Hall–Kier alpha value is -1.13. The first kappa shape index (κ1) is 15.3. The number of hydrogen-bond donors (Lipinski definition) is 2. The van der Waals surface area contributed by atoms with E-state index in [9.17, 15) is 0 Å². The molecular weight excluding hydrogens is 380 g/mol. The summed E-state index contributed by atoms with van der Waals surface area (Å²) in [6.07, 6.45) is 0. The Bertz CT molecular complexity index is 614. The predicted octanol–water partition coefficient (Wildman–Crippen LogP) is 4.90. The second kappa shape index (κ2) is 6.10. The van der Waals surface area contributed by atoms with Gasteiger partial charge in [0.05, 0.1) is 5.92 Å². The van der Waals surface area contributed by atoms with E-state index in [0.29, 0.717) is 0 Å². The van der Waals surface area contributed by atoms with Crippen LogP contribution < -0.4 is 5.73 Å². The number of hydrogen-bond acceptors (Lipinski definition) is 1. The van der Waals surface area contributed by atoms with Gasteiger partial charge in [-0.2, -0.15) is 0 Å². The van der Waals surface area contributed by atoms with Crippen LogP contribution in [0.15, 0.2) is 45.3 Å². The van der Waals surface area contributed by atoms with Crippen LogP contribution in [-0.2, 0) is 0 Å². The van der Waals surface area contributed by atoms with Crippen molar-refractivity contribution >= 4 is 37.7 Å². The van der Waals surface area contributed by atoms with E-state index in [4.69, 9.17) is 11.1 Å². The summed E-state index contributed by atoms with van der Waals surface area (Å²) in [5.74, 6) is -0.0305. The third-order valence-electron chi connectivity index (χ3n) is 3.40. The Morgan fingerprint density at radius 1 is 0.950 bits per heavy atom. The number of amidine groups is 1. The average molecular weight is 396 g/mol. The highest BCUT2D eigenvalue weighted by atomic mass is 79.9. The molecule has 0 aliphatic carbocycles. The van der Waals surface area contributed by atoms with Gasteiger partial charge in [-0.15, -0.1) is 0 Å². The minimum absolute atomic E-state index is 0.167. The van der Waals surface area contributed by atoms with Gasteiger partial charge in [0.1, 0.15) is 5.84 Å². The Morgan fingerprint density at radius 3 is 1.65 bits per heavy atom. The lowest BCUT2D eigenvalue weighted by Gasteiger charge is -2.21. The van der Waals surface area contributed by atoms with E-state index in [1.54, 1.807) is 0 Å². The molecule has 2 rings (SSSR count). The molecule has 0 atom stereocenters. The summed E-state index contributed by atoms with van der Waals surface area (Å²) in [7, 11) is 0. The monoisotopic (exact) mass is 394 g/mol. The van der Waals surface area contributed by atoms with Crippen LogP contribution in [0.5, 0.6) is 0 Å². The lowest BCUT2D eigenvalue weighted by Crippen LogP contribution is -2.23. The fourth-order valence-electron chi connectivity index (χ4n) is 2.43. The normalized spacial score (nSPS) is 10.8. The minimum Gasteiger partial charge on any atom is -0.387 e. The second-order valence-electron chi connectivity index (χ2n) is 4.89. The molecule has 0 unspecified atom stereocenters. The Morgan fingerprint density at radius 2 is 1.35 bits per heavy atom. The van der Waals surface area contributed by atoms with Crippen molar-refractivity contribution in [3.63, 3.8) is 0 Å². The molecule has 104 valence electrons. The van der Waals surface area contributed by atoms with Crippen LogP contribution in [0.3, 0.4) is 0 Å². The third-order valence-corrected chi connectivity index (χ3v) is 4.38. The molecule has 2 aromatic carbocycles. The summed E-state index contributed by atoms with van der Waals surface area (Å²) < 4.78 is 2.07. The molecule has 4 heteroatoms. The topological polar surface area (TPSA) is 49.9 Å². The fourth-order valence-corrected chi connectivity index (χ4v) is 3.38. The van der Waals surface area contributed by atoms with Crippen molar-refractivity contribution in [3.05, 3.63) is 67.6 Å². The van der Waals surface area contributed by atoms with E-state index >= 15 is 0 Å². The molecule has 3 N–H and O–H groups in total. The number of benzene rings is 2. The van der Waals surface area contributed by atoms with Gasteiger partial charge in [0.15, 0.2) is 0 Å². The Kier molecular flexibility index (Phi) is 4.66. The summed E-state index contributed by atoms with van der Waals surface area (Å²) in [6, 6.07) is 12.2. The summed E-state index contributed by atoms with van der Waals surface area (Å²) in [5.41, 5.74) is 10.3. The van der Waals surface area contributed by atoms with Crippen LogP contribution in [0, 0.1) is 19.3 Å². The molecule has 0 radical (unpaired) electrons. The minimum atomic E-state index is -0.198. The summed E-state index contributed by atoms with van der Waals surface area (Å²) in [5, 5.41) is 7.98. The molecule has 0 saturated carbocycles. The molecule has 0 bridgehead atoms. The van der Waals surface area contributed by atoms with E-state index in [1.807, 2.05) is 38.1 Å². The number of rotatable bonds is 3. The van der Waals surface area contributed by atoms with E-state index in [0.717, 1.165) is 31.2 Å². The van der Waals surface area contributed by atoms with Gasteiger partial charge in [-0.25, -0.2) is 0 Å². The molecular formula is C16H16Br2N2. The summed E-state index contributed by atoms with van der Waals surface area (Å²) >= 11 is 6.94. The van der Waals surface area contributed by atoms with Gasteiger partial charge in [0.25, 0.3) is 0 Å². The number of aryl methyl sites for hydroxylation is 2. The van der Waals surface area contributed by atoms with Gasteiger partial charge in [-0.1, -0.05) is 44.0 Å². The van der Waals surface area contributed by atoms with Gasteiger partial charge in [-0.3, -0.25) is 5.41 Å². The molecule has 0 amide bonds. The van der Waals surface area contributed by atoms with Crippen molar-refractivity contribution < 1.29 is 0 Å². The first-order chi connectivity index (χ1) is 9.40. The Balaban J connectivity index is 2.59. The number of nitrogens with two attached hydrogens (primary N) is 1. The molecule has 0 aliphatic rings. The van der Waals surface area contributed by atoms with Gasteiger partial charge < -0.3 is 5.73 Å². The lowest BCUT2D eigenvalue weighted by molar-refractivity contribution is 1.01. The lowest BCUT2D eigenvalue weighted by atomic mass is 9.85. The van der Waals surface area contributed by atoms with Crippen molar-refractivity contribution in [1.29, 1.82) is 5.41 Å². The number of halogens is 2. The second-order valence-corrected chi connectivity index (χ2v) is 6.72. The van der Waals surface area contributed by atoms with Crippen LogP contribution in [0.4, 0.5) is 0 Å². The molecule has 0 spiro atoms. The average Bonchev–Trinajstić information content (AvgIpc) is 2.34. The highest BCUT2D eigenvalue weighted by Gasteiger charge is 2.21. The zero-order valence-electron chi connectivity index (χ0n) is 11.4. The van der Waals surface area contributed by atoms with Gasteiger partial charge >= 0.3 is 0 Å². The van der Waals surface area contributed by atoms with Crippen LogP contribution in [-0.4, -0.2) is 5.84 Å². The standard InChI is InChI=1S/C16H16Br2N2/c1-9-7-11(17)3-5-13(9)15(16(19)20)14-6-4-12(18)8-10(14)2/h3-8,15H,1-2H3,(H3,19,20). The molecule has 2 aromatic rings. The van der Waals surface area contributed by atoms with Gasteiger partial charge in [-0.05, 0) is 60.4 Å². The molecule has 0 fully saturated rings. The van der Waals surface area contributed by atoms with Gasteiger partial charge in [0, 0.05) is 8.95 Å². The maximum Gasteiger partial charge on any atom is 0.103 e. The maximum atomic E-state index is 7.98. The van der Waals surface area contributed by atoms with Crippen molar-refractivity contribution in [3.8, 4) is 0 Å². The highest BCUT2D eigenvalue weighted by molar-refractivity contribution is 9.10. The van der Waals surface area contributed by atoms with E-state index in [-0.39, 0.29) is 11.8 Å². The van der Waals surface area contributed by atoms with Crippen LogP contribution >= 0.6 is 31.9 Å². The van der Waals surface area contributed by atoms with E-state index < -0.39 is 0 Å². The Labute approximate surface area is 136 Å². The molecule has 20 heavy (non-hydrogen) atoms. The molecule has 0 aliphatic heterocycles. The smallest absolute Gasteiger partial charge is 0.103 e. The SMILES string of the molecule is Cc1cc(Br)ccc1C(C(=N)N)c1ccc(Br)cc1C. The van der Waals surface area contributed by atoms with Crippen LogP contribution in [0.1, 0.15) is 28.2 Å².